The molecule has 1 saturated heterocycles. The first kappa shape index (κ1) is 27.3. The van der Waals surface area contributed by atoms with Crippen molar-refractivity contribution in [2.75, 3.05) is 43.1 Å². The molecule has 1 aliphatic heterocycles. The van der Waals surface area contributed by atoms with Gasteiger partial charge in [0.15, 0.2) is 11.8 Å². The normalized spacial score (nSPS) is 15.7. The number of alkyl halides is 4. The molecule has 0 unspecified atom stereocenters. The maximum absolute atomic E-state index is 13.2. The van der Waals surface area contributed by atoms with E-state index in [0.717, 1.165) is 11.0 Å². The number of amides is 3. The number of carbonyl (C=O) groups excluding carboxylic acids is 3. The van der Waals surface area contributed by atoms with Crippen LogP contribution in [0.15, 0.2) is 18.2 Å². The summed E-state index contributed by atoms with van der Waals surface area (Å²) in [5, 5.41) is 2.27. The van der Waals surface area contributed by atoms with Crippen molar-refractivity contribution in [3.8, 4) is 5.75 Å². The van der Waals surface area contributed by atoms with Gasteiger partial charge in [-0.3, -0.25) is 19.3 Å². The van der Waals surface area contributed by atoms with Gasteiger partial charge in [-0.15, -0.1) is 0 Å². The Kier molecular flexibility index (Phi) is 9.21. The molecule has 0 spiro atoms. The molecule has 0 aliphatic carbocycles. The summed E-state index contributed by atoms with van der Waals surface area (Å²) >= 11 is 0. The fourth-order valence-corrected chi connectivity index (χ4v) is 3.49. The number of hydrogen-bond acceptors (Lipinski definition) is 6. The first-order chi connectivity index (χ1) is 15.8. The molecule has 3 amide bonds. The molecule has 1 aromatic rings. The predicted molar refractivity (Wildman–Crippen MR) is 115 cm³/mol. The standard InChI is InChI=1S/C21H28F4N4O5/c1-21(2,3)11-28(9-15(22)23)17(18(26)31)19(32)27-13-5-4-12(8-14(13)34-20(24)25)29-6-7-33-10-16(29)30/h4-5,8,15,17,20H,6-7,9-11H2,1-3H3,(H2,26,31)(H,27,32)/t17-/m1/s1. The minimum atomic E-state index is -3.27. The number of morpholine rings is 1. The van der Waals surface area contributed by atoms with Crippen LogP contribution in [0.5, 0.6) is 5.75 Å². The van der Waals surface area contributed by atoms with Gasteiger partial charge in [0, 0.05) is 24.8 Å². The van der Waals surface area contributed by atoms with E-state index in [0.29, 0.717) is 0 Å². The molecule has 0 aromatic heterocycles. The van der Waals surface area contributed by atoms with E-state index in [9.17, 15) is 31.9 Å². The molecule has 9 nitrogen and oxygen atoms in total. The molecule has 1 heterocycles. The first-order valence-electron chi connectivity index (χ1n) is 10.4. The number of primary amides is 1. The van der Waals surface area contributed by atoms with Crippen molar-refractivity contribution in [3.05, 3.63) is 18.2 Å². The Morgan fingerprint density at radius 2 is 1.94 bits per heavy atom. The zero-order chi connectivity index (χ0) is 25.6. The Hall–Kier alpha value is -2.93. The van der Waals surface area contributed by atoms with Crippen LogP contribution in [0.4, 0.5) is 28.9 Å². The zero-order valence-corrected chi connectivity index (χ0v) is 19.0. The minimum absolute atomic E-state index is 0.0726. The van der Waals surface area contributed by atoms with Crippen LogP contribution in [0.25, 0.3) is 0 Å². The number of nitrogens with one attached hydrogen (secondary N) is 1. The van der Waals surface area contributed by atoms with Gasteiger partial charge in [0.1, 0.15) is 6.61 Å². The van der Waals surface area contributed by atoms with Crippen molar-refractivity contribution in [2.24, 2.45) is 11.1 Å². The van der Waals surface area contributed by atoms with E-state index < -0.39 is 54.5 Å². The number of ether oxygens (including phenoxy) is 2. The number of hydrogen-bond donors (Lipinski definition) is 2. The molecule has 2 rings (SSSR count). The lowest BCUT2D eigenvalue weighted by Gasteiger charge is -2.33. The third-order valence-electron chi connectivity index (χ3n) is 4.67. The van der Waals surface area contributed by atoms with Gasteiger partial charge in [-0.2, -0.15) is 8.78 Å². The molecule has 0 bridgehead atoms. The molecule has 0 radical (unpaired) electrons. The minimum Gasteiger partial charge on any atom is -0.433 e. The van der Waals surface area contributed by atoms with E-state index in [1.807, 2.05) is 0 Å². The van der Waals surface area contributed by atoms with Crippen LogP contribution < -0.4 is 20.7 Å². The van der Waals surface area contributed by atoms with E-state index in [1.54, 1.807) is 20.8 Å². The van der Waals surface area contributed by atoms with Crippen LogP contribution in [0, 0.1) is 5.41 Å². The quantitative estimate of drug-likeness (QED) is 0.382. The number of carbonyl (C=O) groups is 3. The summed E-state index contributed by atoms with van der Waals surface area (Å²) in [5.74, 6) is -3.16. The molecule has 1 atom stereocenters. The number of nitrogens with zero attached hydrogens (tertiary/aromatic N) is 2. The summed E-state index contributed by atoms with van der Waals surface area (Å²) in [7, 11) is 0. The smallest absolute Gasteiger partial charge is 0.387 e. The fourth-order valence-electron chi connectivity index (χ4n) is 3.49. The number of benzene rings is 1. The Balaban J connectivity index is 2.36. The highest BCUT2D eigenvalue weighted by atomic mass is 19.3. The molecule has 1 aliphatic rings. The highest BCUT2D eigenvalue weighted by Crippen LogP contribution is 2.32. The number of anilines is 2. The Morgan fingerprint density at radius 3 is 2.47 bits per heavy atom. The van der Waals surface area contributed by atoms with Gasteiger partial charge in [-0.05, 0) is 17.5 Å². The lowest BCUT2D eigenvalue weighted by atomic mass is 9.95. The van der Waals surface area contributed by atoms with Gasteiger partial charge in [0.2, 0.25) is 5.91 Å². The van der Waals surface area contributed by atoms with Crippen molar-refractivity contribution in [1.82, 2.24) is 4.90 Å². The number of halogens is 4. The van der Waals surface area contributed by atoms with Gasteiger partial charge in [-0.1, -0.05) is 20.8 Å². The molecule has 3 N–H and O–H groups in total. The van der Waals surface area contributed by atoms with Crippen molar-refractivity contribution in [2.45, 2.75) is 39.9 Å². The van der Waals surface area contributed by atoms with Gasteiger partial charge in [0.25, 0.3) is 18.2 Å². The van der Waals surface area contributed by atoms with Gasteiger partial charge < -0.3 is 25.4 Å². The second kappa shape index (κ2) is 11.5. The second-order valence-electron chi connectivity index (χ2n) is 8.83. The van der Waals surface area contributed by atoms with Gasteiger partial charge in [-0.25, -0.2) is 8.78 Å². The third-order valence-corrected chi connectivity index (χ3v) is 4.67. The molecule has 1 aromatic carbocycles. The molecule has 0 saturated carbocycles. The highest BCUT2D eigenvalue weighted by Gasteiger charge is 2.35. The Bertz CT molecular complexity index is 894. The summed E-state index contributed by atoms with van der Waals surface area (Å²) in [4.78, 5) is 39.3. The van der Waals surface area contributed by atoms with Crippen LogP contribution in [0.3, 0.4) is 0 Å². The van der Waals surface area contributed by atoms with Gasteiger partial charge >= 0.3 is 6.61 Å². The van der Waals surface area contributed by atoms with Crippen molar-refractivity contribution < 1.29 is 41.4 Å². The maximum Gasteiger partial charge on any atom is 0.387 e. The molecular formula is C21H28F4N4O5. The van der Waals surface area contributed by atoms with Crippen LogP contribution in [0.1, 0.15) is 20.8 Å². The van der Waals surface area contributed by atoms with E-state index in [1.165, 1.54) is 17.0 Å². The summed E-state index contributed by atoms with van der Waals surface area (Å²) < 4.78 is 61.9. The zero-order valence-electron chi connectivity index (χ0n) is 19.0. The third kappa shape index (κ3) is 7.83. The van der Waals surface area contributed by atoms with Crippen LogP contribution in [-0.2, 0) is 19.1 Å². The van der Waals surface area contributed by atoms with Crippen LogP contribution in [0.2, 0.25) is 0 Å². The van der Waals surface area contributed by atoms with E-state index >= 15 is 0 Å². The molecule has 13 heteroatoms. The highest BCUT2D eigenvalue weighted by molar-refractivity contribution is 6.10. The van der Waals surface area contributed by atoms with Gasteiger partial charge in [0.05, 0.1) is 18.8 Å². The van der Waals surface area contributed by atoms with Crippen LogP contribution in [-0.4, -0.2) is 74.5 Å². The second-order valence-corrected chi connectivity index (χ2v) is 8.83. The number of rotatable bonds is 10. The molecule has 1 fully saturated rings. The maximum atomic E-state index is 13.2. The fraction of sp³-hybridized carbons (Fsp3) is 0.571. The Morgan fingerprint density at radius 1 is 1.26 bits per heavy atom. The lowest BCUT2D eigenvalue weighted by Crippen LogP contribution is -2.55. The Labute approximate surface area is 194 Å². The topological polar surface area (TPSA) is 114 Å². The molecule has 190 valence electrons. The predicted octanol–water partition coefficient (Wildman–Crippen LogP) is 2.06. The van der Waals surface area contributed by atoms with Crippen molar-refractivity contribution >= 4 is 29.1 Å². The van der Waals surface area contributed by atoms with E-state index in [-0.39, 0.29) is 37.7 Å². The van der Waals surface area contributed by atoms with E-state index in [4.69, 9.17) is 10.5 Å². The largest absolute Gasteiger partial charge is 0.433 e. The first-order valence-corrected chi connectivity index (χ1v) is 10.4. The lowest BCUT2D eigenvalue weighted by molar-refractivity contribution is -0.134. The monoisotopic (exact) mass is 492 g/mol. The number of nitrogens with two attached hydrogens (primary N) is 1. The van der Waals surface area contributed by atoms with E-state index in [2.05, 4.69) is 10.1 Å². The average molecular weight is 492 g/mol. The summed E-state index contributed by atoms with van der Waals surface area (Å²) in [6, 6.07) is 1.90. The molecule has 34 heavy (non-hydrogen) atoms. The molecular weight excluding hydrogens is 464 g/mol. The summed E-state index contributed by atoms with van der Waals surface area (Å²) in [6.45, 7) is 1.16. The average Bonchev–Trinajstić information content (AvgIpc) is 2.67. The SMILES string of the molecule is CC(C)(C)CN(CC(F)F)[C@H](C(N)=O)C(=O)Nc1ccc(N2CCOCC2=O)cc1OC(F)F. The summed E-state index contributed by atoms with van der Waals surface area (Å²) in [5.41, 5.74) is 4.75. The summed E-state index contributed by atoms with van der Waals surface area (Å²) in [6.07, 6.45) is -2.86. The van der Waals surface area contributed by atoms with Crippen LogP contribution >= 0.6 is 0 Å². The van der Waals surface area contributed by atoms with Crippen molar-refractivity contribution in [1.29, 1.82) is 0 Å². The van der Waals surface area contributed by atoms with Crippen molar-refractivity contribution in [3.63, 3.8) is 0 Å².